The van der Waals surface area contributed by atoms with Crippen molar-refractivity contribution in [1.82, 2.24) is 5.32 Å². The third-order valence-electron chi connectivity index (χ3n) is 3.23. The van der Waals surface area contributed by atoms with Gasteiger partial charge in [0.25, 0.3) is 5.91 Å². The summed E-state index contributed by atoms with van der Waals surface area (Å²) in [6.07, 6.45) is 0.753. The van der Waals surface area contributed by atoms with Crippen molar-refractivity contribution in [3.63, 3.8) is 0 Å². The number of hydrogen-bond donors (Lipinski definition) is 4. The Balaban J connectivity index is 1.94. The Labute approximate surface area is 128 Å². The van der Waals surface area contributed by atoms with Crippen LogP contribution >= 0.6 is 0 Å². The number of furan rings is 1. The highest BCUT2D eigenvalue weighted by atomic mass is 16.3. The maximum Gasteiger partial charge on any atom is 0.251 e. The number of aliphatic hydroxyl groups excluding tert-OH is 2. The van der Waals surface area contributed by atoms with Crippen LogP contribution in [-0.4, -0.2) is 35.4 Å². The molecule has 1 amide bonds. The van der Waals surface area contributed by atoms with Crippen LogP contribution in [0, 0.1) is 6.92 Å². The molecule has 1 aromatic heterocycles. The van der Waals surface area contributed by atoms with Crippen molar-refractivity contribution in [2.45, 2.75) is 19.6 Å². The van der Waals surface area contributed by atoms with Crippen molar-refractivity contribution in [1.29, 1.82) is 0 Å². The number of carbonyl (C=O) groups is 1. The van der Waals surface area contributed by atoms with E-state index in [0.29, 0.717) is 17.9 Å². The first-order valence-corrected chi connectivity index (χ1v) is 7.04. The minimum atomic E-state index is -0.810. The van der Waals surface area contributed by atoms with Crippen molar-refractivity contribution in [3.05, 3.63) is 53.5 Å². The van der Waals surface area contributed by atoms with Gasteiger partial charge in [-0.25, -0.2) is 0 Å². The summed E-state index contributed by atoms with van der Waals surface area (Å²) in [5, 5.41) is 23.9. The van der Waals surface area contributed by atoms with Crippen molar-refractivity contribution in [2.24, 2.45) is 0 Å². The largest absolute Gasteiger partial charge is 0.467 e. The summed E-state index contributed by atoms with van der Waals surface area (Å²) in [7, 11) is 0. The molecular formula is C16H20N2O4. The van der Waals surface area contributed by atoms with Crippen LogP contribution in [0.4, 0.5) is 5.69 Å². The van der Waals surface area contributed by atoms with Gasteiger partial charge in [0.15, 0.2) is 0 Å². The highest BCUT2D eigenvalue weighted by molar-refractivity contribution is 5.94. The molecule has 0 aliphatic heterocycles. The summed E-state index contributed by atoms with van der Waals surface area (Å²) in [4.78, 5) is 12.1. The standard InChI is InChI=1S/C16H20N2O4/c1-11-7-12(4-5-15(11)17-8-13(20)10-19)16(21)18-9-14-3-2-6-22-14/h2-7,13,17,19-20H,8-10H2,1H3,(H,18,21). The highest BCUT2D eigenvalue weighted by Crippen LogP contribution is 2.16. The zero-order valence-electron chi connectivity index (χ0n) is 12.4. The van der Waals surface area contributed by atoms with Gasteiger partial charge in [0.05, 0.1) is 25.5 Å². The average molecular weight is 304 g/mol. The zero-order valence-corrected chi connectivity index (χ0v) is 12.4. The zero-order chi connectivity index (χ0) is 15.9. The number of rotatable bonds is 7. The number of carbonyl (C=O) groups excluding carboxylic acids is 1. The molecule has 2 aromatic rings. The Morgan fingerprint density at radius 2 is 2.18 bits per heavy atom. The average Bonchev–Trinajstić information content (AvgIpc) is 3.04. The second kappa shape index (κ2) is 7.63. The number of anilines is 1. The Bertz CT molecular complexity index is 611. The van der Waals surface area contributed by atoms with Crippen LogP contribution in [0.3, 0.4) is 0 Å². The van der Waals surface area contributed by atoms with Crippen molar-refractivity contribution in [3.8, 4) is 0 Å². The lowest BCUT2D eigenvalue weighted by Gasteiger charge is -2.13. The van der Waals surface area contributed by atoms with E-state index in [1.165, 1.54) is 0 Å². The summed E-state index contributed by atoms with van der Waals surface area (Å²) in [6, 6.07) is 8.82. The van der Waals surface area contributed by atoms with Gasteiger partial charge in [0.1, 0.15) is 5.76 Å². The first kappa shape index (κ1) is 16.1. The Kier molecular flexibility index (Phi) is 5.57. The number of hydrogen-bond acceptors (Lipinski definition) is 5. The summed E-state index contributed by atoms with van der Waals surface area (Å²) >= 11 is 0. The molecule has 0 bridgehead atoms. The molecule has 1 atom stereocenters. The van der Waals surface area contributed by atoms with E-state index >= 15 is 0 Å². The SMILES string of the molecule is Cc1cc(C(=O)NCc2ccco2)ccc1NCC(O)CO. The quantitative estimate of drug-likeness (QED) is 0.618. The molecule has 22 heavy (non-hydrogen) atoms. The predicted molar refractivity (Wildman–Crippen MR) is 82.6 cm³/mol. The van der Waals surface area contributed by atoms with E-state index in [0.717, 1.165) is 11.3 Å². The van der Waals surface area contributed by atoms with Crippen LogP contribution < -0.4 is 10.6 Å². The fraction of sp³-hybridized carbons (Fsp3) is 0.312. The molecule has 0 saturated carbocycles. The lowest BCUT2D eigenvalue weighted by molar-refractivity contribution is 0.0948. The van der Waals surface area contributed by atoms with Gasteiger partial charge in [0.2, 0.25) is 0 Å². The summed E-state index contributed by atoms with van der Waals surface area (Å²) in [5.41, 5.74) is 2.25. The molecular weight excluding hydrogens is 284 g/mol. The molecule has 1 heterocycles. The van der Waals surface area contributed by atoms with E-state index in [1.54, 1.807) is 36.6 Å². The topological polar surface area (TPSA) is 94.7 Å². The summed E-state index contributed by atoms with van der Waals surface area (Å²) in [5.74, 6) is 0.516. The molecule has 0 spiro atoms. The van der Waals surface area contributed by atoms with Gasteiger partial charge in [-0.15, -0.1) is 0 Å². The van der Waals surface area contributed by atoms with E-state index < -0.39 is 6.10 Å². The molecule has 0 fully saturated rings. The lowest BCUT2D eigenvalue weighted by atomic mass is 10.1. The molecule has 6 nitrogen and oxygen atoms in total. The molecule has 0 saturated heterocycles. The fourth-order valence-electron chi connectivity index (χ4n) is 1.98. The Morgan fingerprint density at radius 3 is 2.82 bits per heavy atom. The molecule has 1 unspecified atom stereocenters. The van der Waals surface area contributed by atoms with Gasteiger partial charge in [-0.1, -0.05) is 0 Å². The maximum absolute atomic E-state index is 12.1. The molecule has 6 heteroatoms. The summed E-state index contributed by atoms with van der Waals surface area (Å²) < 4.78 is 5.16. The Morgan fingerprint density at radius 1 is 1.36 bits per heavy atom. The monoisotopic (exact) mass is 304 g/mol. The van der Waals surface area contributed by atoms with E-state index in [4.69, 9.17) is 9.52 Å². The van der Waals surface area contributed by atoms with Crippen LogP contribution in [-0.2, 0) is 6.54 Å². The molecule has 0 aliphatic carbocycles. The number of nitrogens with one attached hydrogen (secondary N) is 2. The van der Waals surface area contributed by atoms with Crippen molar-refractivity contribution in [2.75, 3.05) is 18.5 Å². The van der Waals surface area contributed by atoms with Gasteiger partial charge < -0.3 is 25.3 Å². The highest BCUT2D eigenvalue weighted by Gasteiger charge is 2.09. The van der Waals surface area contributed by atoms with Crippen LogP contribution in [0.15, 0.2) is 41.0 Å². The van der Waals surface area contributed by atoms with Crippen LogP contribution in [0.5, 0.6) is 0 Å². The number of amides is 1. The Hall–Kier alpha value is -2.31. The van der Waals surface area contributed by atoms with Gasteiger partial charge in [-0.2, -0.15) is 0 Å². The van der Waals surface area contributed by atoms with Gasteiger partial charge in [-0.05, 0) is 42.8 Å². The number of aliphatic hydroxyl groups is 2. The number of benzene rings is 1. The van der Waals surface area contributed by atoms with Crippen LogP contribution in [0.25, 0.3) is 0 Å². The third kappa shape index (κ3) is 4.34. The first-order chi connectivity index (χ1) is 10.6. The molecule has 2 rings (SSSR count). The third-order valence-corrected chi connectivity index (χ3v) is 3.23. The number of aryl methyl sites for hydroxylation is 1. The predicted octanol–water partition coefficient (Wildman–Crippen LogP) is 1.28. The molecule has 1 aromatic carbocycles. The molecule has 4 N–H and O–H groups in total. The molecule has 118 valence electrons. The first-order valence-electron chi connectivity index (χ1n) is 7.04. The normalized spacial score (nSPS) is 12.0. The smallest absolute Gasteiger partial charge is 0.251 e. The van der Waals surface area contributed by atoms with Gasteiger partial charge in [-0.3, -0.25) is 4.79 Å². The maximum atomic E-state index is 12.1. The minimum Gasteiger partial charge on any atom is -0.467 e. The van der Waals surface area contributed by atoms with Crippen molar-refractivity contribution >= 4 is 11.6 Å². The van der Waals surface area contributed by atoms with E-state index in [1.807, 2.05) is 6.92 Å². The fourth-order valence-corrected chi connectivity index (χ4v) is 1.98. The molecule has 0 aliphatic rings. The van der Waals surface area contributed by atoms with Gasteiger partial charge >= 0.3 is 0 Å². The van der Waals surface area contributed by atoms with Crippen molar-refractivity contribution < 1.29 is 19.4 Å². The van der Waals surface area contributed by atoms with Crippen LogP contribution in [0.2, 0.25) is 0 Å². The van der Waals surface area contributed by atoms with E-state index in [-0.39, 0.29) is 19.1 Å². The molecule has 0 radical (unpaired) electrons. The minimum absolute atomic E-state index is 0.179. The summed E-state index contributed by atoms with van der Waals surface area (Å²) in [6.45, 7) is 2.17. The second-order valence-corrected chi connectivity index (χ2v) is 5.01. The van der Waals surface area contributed by atoms with E-state index in [2.05, 4.69) is 10.6 Å². The van der Waals surface area contributed by atoms with Gasteiger partial charge in [0, 0.05) is 17.8 Å². The lowest BCUT2D eigenvalue weighted by Crippen LogP contribution is -2.24. The van der Waals surface area contributed by atoms with Crippen LogP contribution in [0.1, 0.15) is 21.7 Å². The van der Waals surface area contributed by atoms with E-state index in [9.17, 15) is 9.90 Å². The second-order valence-electron chi connectivity index (χ2n) is 5.01.